The van der Waals surface area contributed by atoms with Crippen molar-refractivity contribution in [3.8, 4) is 0 Å². The molecule has 0 saturated heterocycles. The van der Waals surface area contributed by atoms with E-state index in [9.17, 15) is 0 Å². The summed E-state index contributed by atoms with van der Waals surface area (Å²) >= 11 is 0. The van der Waals surface area contributed by atoms with E-state index in [4.69, 9.17) is 11.5 Å². The number of rotatable bonds is 2. The number of anilines is 1. The van der Waals surface area contributed by atoms with E-state index >= 15 is 0 Å². The summed E-state index contributed by atoms with van der Waals surface area (Å²) in [5.74, 6) is 0. The Morgan fingerprint density at radius 1 is 1.27 bits per heavy atom. The van der Waals surface area contributed by atoms with Crippen LogP contribution in [0.4, 0.5) is 5.69 Å². The summed E-state index contributed by atoms with van der Waals surface area (Å²) < 4.78 is 0. The highest BCUT2D eigenvalue weighted by atomic mass is 14.6. The number of nitrogen functional groups attached to an aromatic ring is 1. The summed E-state index contributed by atoms with van der Waals surface area (Å²) in [4.78, 5) is 0. The predicted molar refractivity (Wildman–Crippen MR) is 48.2 cm³/mol. The van der Waals surface area contributed by atoms with Crippen LogP contribution in [0, 0.1) is 0 Å². The Morgan fingerprint density at radius 3 is 2.27 bits per heavy atom. The Labute approximate surface area is 67.2 Å². The van der Waals surface area contributed by atoms with Gasteiger partial charge in [0.1, 0.15) is 0 Å². The highest BCUT2D eigenvalue weighted by Crippen LogP contribution is 2.06. The van der Waals surface area contributed by atoms with Crippen LogP contribution >= 0.6 is 0 Å². The van der Waals surface area contributed by atoms with Crippen molar-refractivity contribution >= 4 is 5.69 Å². The van der Waals surface area contributed by atoms with E-state index in [0.29, 0.717) is 0 Å². The molecule has 0 heterocycles. The van der Waals surface area contributed by atoms with Gasteiger partial charge in [0.25, 0.3) is 0 Å². The maximum Gasteiger partial charge on any atom is 0.0314 e. The molecule has 0 spiro atoms. The Bertz CT molecular complexity index is 214. The molecule has 1 rings (SSSR count). The predicted octanol–water partition coefficient (Wildman–Crippen LogP) is 1.16. The van der Waals surface area contributed by atoms with Gasteiger partial charge in [0, 0.05) is 11.7 Å². The molecule has 4 N–H and O–H groups in total. The zero-order chi connectivity index (χ0) is 8.27. The van der Waals surface area contributed by atoms with E-state index in [-0.39, 0.29) is 6.04 Å². The molecule has 0 aliphatic heterocycles. The highest BCUT2D eigenvalue weighted by Gasteiger charge is 1.95. The maximum atomic E-state index is 5.63. The molecule has 60 valence electrons. The fourth-order valence-electron chi connectivity index (χ4n) is 1.03. The van der Waals surface area contributed by atoms with Gasteiger partial charge in [-0.1, -0.05) is 12.1 Å². The van der Waals surface area contributed by atoms with E-state index in [1.165, 1.54) is 5.56 Å². The maximum absolute atomic E-state index is 5.63. The smallest absolute Gasteiger partial charge is 0.0314 e. The Balaban J connectivity index is 2.66. The summed E-state index contributed by atoms with van der Waals surface area (Å²) in [5, 5.41) is 0. The molecule has 0 fully saturated rings. The van der Waals surface area contributed by atoms with Crippen molar-refractivity contribution < 1.29 is 0 Å². The zero-order valence-electron chi connectivity index (χ0n) is 6.75. The van der Waals surface area contributed by atoms with Crippen molar-refractivity contribution in [2.45, 2.75) is 19.4 Å². The lowest BCUT2D eigenvalue weighted by atomic mass is 10.1. The molecule has 0 radical (unpaired) electrons. The number of benzene rings is 1. The van der Waals surface area contributed by atoms with Gasteiger partial charge in [0.2, 0.25) is 0 Å². The van der Waals surface area contributed by atoms with E-state index in [2.05, 4.69) is 0 Å². The lowest BCUT2D eigenvalue weighted by Gasteiger charge is -2.04. The molecule has 0 saturated carbocycles. The van der Waals surface area contributed by atoms with Gasteiger partial charge in [-0.3, -0.25) is 0 Å². The molecule has 0 aliphatic carbocycles. The lowest BCUT2D eigenvalue weighted by Crippen LogP contribution is -2.17. The van der Waals surface area contributed by atoms with Crippen molar-refractivity contribution in [2.75, 3.05) is 5.73 Å². The lowest BCUT2D eigenvalue weighted by molar-refractivity contribution is 0.738. The van der Waals surface area contributed by atoms with Crippen molar-refractivity contribution in [1.29, 1.82) is 0 Å². The molecule has 1 aromatic rings. The highest BCUT2D eigenvalue weighted by molar-refractivity contribution is 5.39. The first-order chi connectivity index (χ1) is 5.18. The van der Waals surface area contributed by atoms with Crippen LogP contribution in [0.15, 0.2) is 24.3 Å². The number of hydrogen-bond donors (Lipinski definition) is 2. The fraction of sp³-hybridized carbons (Fsp3) is 0.333. The summed E-state index contributed by atoms with van der Waals surface area (Å²) in [6, 6.07) is 8.05. The van der Waals surface area contributed by atoms with Gasteiger partial charge in [-0.25, -0.2) is 0 Å². The molecule has 1 aromatic carbocycles. The second kappa shape index (κ2) is 3.39. The molecule has 2 nitrogen and oxygen atoms in total. The molecule has 11 heavy (non-hydrogen) atoms. The summed E-state index contributed by atoms with van der Waals surface area (Å²) in [5.41, 5.74) is 13.2. The number of hydrogen-bond acceptors (Lipinski definition) is 2. The molecule has 0 aromatic heterocycles. The SMILES string of the molecule is C[C@H](N)Cc1ccc(N)cc1. The Morgan fingerprint density at radius 2 is 1.82 bits per heavy atom. The molecular formula is C9H14N2. The first kappa shape index (κ1) is 8.08. The second-order valence-corrected chi connectivity index (χ2v) is 2.92. The minimum atomic E-state index is 0.221. The largest absolute Gasteiger partial charge is 0.399 e. The van der Waals surface area contributed by atoms with Crippen molar-refractivity contribution in [2.24, 2.45) is 5.73 Å². The minimum Gasteiger partial charge on any atom is -0.399 e. The van der Waals surface area contributed by atoms with Crippen molar-refractivity contribution in [1.82, 2.24) is 0 Å². The molecule has 0 amide bonds. The number of nitrogens with two attached hydrogens (primary N) is 2. The van der Waals surface area contributed by atoms with Gasteiger partial charge in [0.05, 0.1) is 0 Å². The van der Waals surface area contributed by atoms with Crippen LogP contribution in [-0.2, 0) is 6.42 Å². The molecule has 1 atom stereocenters. The quantitative estimate of drug-likeness (QED) is 0.621. The van der Waals surface area contributed by atoms with Crippen LogP contribution in [0.1, 0.15) is 12.5 Å². The molecule has 0 unspecified atom stereocenters. The van der Waals surface area contributed by atoms with E-state index < -0.39 is 0 Å². The third kappa shape index (κ3) is 2.60. The third-order valence-electron chi connectivity index (χ3n) is 1.54. The van der Waals surface area contributed by atoms with Gasteiger partial charge in [0.15, 0.2) is 0 Å². The van der Waals surface area contributed by atoms with Gasteiger partial charge in [-0.15, -0.1) is 0 Å². The second-order valence-electron chi connectivity index (χ2n) is 2.92. The van der Waals surface area contributed by atoms with Crippen LogP contribution in [0.3, 0.4) is 0 Å². The van der Waals surface area contributed by atoms with Gasteiger partial charge < -0.3 is 11.5 Å². The van der Waals surface area contributed by atoms with Gasteiger partial charge >= 0.3 is 0 Å². The third-order valence-corrected chi connectivity index (χ3v) is 1.54. The summed E-state index contributed by atoms with van der Waals surface area (Å²) in [6.45, 7) is 2.00. The fourth-order valence-corrected chi connectivity index (χ4v) is 1.03. The molecule has 2 heteroatoms. The van der Waals surface area contributed by atoms with Crippen molar-refractivity contribution in [3.05, 3.63) is 29.8 Å². The van der Waals surface area contributed by atoms with E-state index in [0.717, 1.165) is 12.1 Å². The topological polar surface area (TPSA) is 52.0 Å². The average Bonchev–Trinajstić information content (AvgIpc) is 1.93. The Hall–Kier alpha value is -1.02. The standard InChI is InChI=1S/C9H14N2/c1-7(10)6-8-2-4-9(11)5-3-8/h2-5,7H,6,10-11H2,1H3/t7-/m0/s1. The first-order valence-electron chi connectivity index (χ1n) is 3.78. The van der Waals surface area contributed by atoms with Crippen LogP contribution < -0.4 is 11.5 Å². The van der Waals surface area contributed by atoms with Crippen LogP contribution in [0.2, 0.25) is 0 Å². The van der Waals surface area contributed by atoms with E-state index in [1.807, 2.05) is 31.2 Å². The molecule has 0 aliphatic rings. The normalized spacial score (nSPS) is 12.9. The monoisotopic (exact) mass is 150 g/mol. The van der Waals surface area contributed by atoms with Crippen molar-refractivity contribution in [3.63, 3.8) is 0 Å². The summed E-state index contributed by atoms with van der Waals surface area (Å²) in [6.07, 6.45) is 0.917. The van der Waals surface area contributed by atoms with Crippen LogP contribution in [0.25, 0.3) is 0 Å². The average molecular weight is 150 g/mol. The molecule has 0 bridgehead atoms. The molecular weight excluding hydrogens is 136 g/mol. The van der Waals surface area contributed by atoms with Crippen LogP contribution in [-0.4, -0.2) is 6.04 Å². The first-order valence-corrected chi connectivity index (χ1v) is 3.78. The minimum absolute atomic E-state index is 0.221. The zero-order valence-corrected chi connectivity index (χ0v) is 6.75. The Kier molecular flexibility index (Phi) is 2.49. The van der Waals surface area contributed by atoms with E-state index in [1.54, 1.807) is 0 Å². The van der Waals surface area contributed by atoms with Crippen LogP contribution in [0.5, 0.6) is 0 Å². The van der Waals surface area contributed by atoms with Gasteiger partial charge in [-0.2, -0.15) is 0 Å². The van der Waals surface area contributed by atoms with Gasteiger partial charge in [-0.05, 0) is 31.0 Å². The summed E-state index contributed by atoms with van der Waals surface area (Å²) in [7, 11) is 0.